The van der Waals surface area contributed by atoms with Gasteiger partial charge in [-0.2, -0.15) is 4.98 Å². The van der Waals surface area contributed by atoms with Crippen LogP contribution in [0.3, 0.4) is 0 Å². The van der Waals surface area contributed by atoms with E-state index in [1.165, 1.54) is 54.8 Å². The zero-order valence-corrected chi connectivity index (χ0v) is 18.4. The second-order valence-electron chi connectivity index (χ2n) is 7.66. The maximum atomic E-state index is 12.1. The van der Waals surface area contributed by atoms with Gasteiger partial charge in [0.15, 0.2) is 5.82 Å². The van der Waals surface area contributed by atoms with Crippen LogP contribution in [-0.2, 0) is 17.7 Å². The Labute approximate surface area is 189 Å². The van der Waals surface area contributed by atoms with E-state index < -0.39 is 10.9 Å². The lowest BCUT2D eigenvalue weighted by atomic mass is 10.2. The molecule has 0 bridgehead atoms. The van der Waals surface area contributed by atoms with Gasteiger partial charge < -0.3 is 9.26 Å². The van der Waals surface area contributed by atoms with E-state index in [1.54, 1.807) is 11.3 Å². The number of carbonyl (C=O) groups is 1. The third-order valence-electron chi connectivity index (χ3n) is 5.29. The average molecular weight is 457 g/mol. The highest BCUT2D eigenvalue weighted by atomic mass is 32.1. The van der Waals surface area contributed by atoms with Gasteiger partial charge in [-0.1, -0.05) is 18.0 Å². The molecule has 9 nitrogen and oxygen atoms in total. The van der Waals surface area contributed by atoms with Gasteiger partial charge in [0.2, 0.25) is 0 Å². The van der Waals surface area contributed by atoms with Crippen molar-refractivity contribution in [3.63, 3.8) is 0 Å². The molecule has 0 atom stereocenters. The van der Waals surface area contributed by atoms with E-state index in [2.05, 4.69) is 21.1 Å². The first kappa shape index (κ1) is 22.1. The summed E-state index contributed by atoms with van der Waals surface area (Å²) in [4.78, 5) is 31.4. The Bertz CT molecular complexity index is 1050. The number of non-ortho nitro benzene ring substituents is 1. The monoisotopic (exact) mass is 456 g/mol. The third kappa shape index (κ3) is 5.77. The summed E-state index contributed by atoms with van der Waals surface area (Å²) in [5.74, 6) is 0.368. The Morgan fingerprint density at radius 1 is 1.12 bits per heavy atom. The number of rotatable bonds is 8. The van der Waals surface area contributed by atoms with Gasteiger partial charge in [0, 0.05) is 30.0 Å². The van der Waals surface area contributed by atoms with E-state index in [0.717, 1.165) is 24.5 Å². The topological polar surface area (TPSA) is 112 Å². The first-order valence-corrected chi connectivity index (χ1v) is 11.5. The van der Waals surface area contributed by atoms with Crippen molar-refractivity contribution in [2.24, 2.45) is 0 Å². The van der Waals surface area contributed by atoms with Gasteiger partial charge in [-0.3, -0.25) is 15.0 Å². The Kier molecular flexibility index (Phi) is 7.23. The van der Waals surface area contributed by atoms with Crippen LogP contribution in [0.4, 0.5) is 5.69 Å². The quantitative estimate of drug-likeness (QED) is 0.277. The summed E-state index contributed by atoms with van der Waals surface area (Å²) < 4.78 is 10.6. The van der Waals surface area contributed by atoms with Gasteiger partial charge in [0.1, 0.15) is 0 Å². The Morgan fingerprint density at radius 3 is 2.59 bits per heavy atom. The summed E-state index contributed by atoms with van der Waals surface area (Å²) in [5.41, 5.74) is 0.170. The molecular weight excluding hydrogens is 432 g/mol. The molecule has 1 aliphatic heterocycles. The molecule has 1 fully saturated rings. The third-order valence-corrected chi connectivity index (χ3v) is 6.35. The molecule has 1 aromatic carbocycles. The fourth-order valence-corrected chi connectivity index (χ4v) is 4.56. The fraction of sp³-hybridized carbons (Fsp3) is 0.409. The molecule has 168 valence electrons. The Morgan fingerprint density at radius 2 is 1.88 bits per heavy atom. The van der Waals surface area contributed by atoms with Crippen LogP contribution in [0.25, 0.3) is 10.8 Å². The van der Waals surface area contributed by atoms with Gasteiger partial charge in [-0.15, -0.1) is 11.3 Å². The summed E-state index contributed by atoms with van der Waals surface area (Å²) in [6, 6.07) is 9.39. The van der Waals surface area contributed by atoms with Crippen molar-refractivity contribution in [2.75, 3.05) is 19.7 Å². The van der Waals surface area contributed by atoms with Crippen LogP contribution in [0.5, 0.6) is 0 Å². The van der Waals surface area contributed by atoms with E-state index in [9.17, 15) is 14.9 Å². The number of carbonyl (C=O) groups excluding carboxylic acids is 1. The predicted molar refractivity (Wildman–Crippen MR) is 118 cm³/mol. The van der Waals surface area contributed by atoms with Gasteiger partial charge in [-0.05, 0) is 50.2 Å². The van der Waals surface area contributed by atoms with E-state index >= 15 is 0 Å². The van der Waals surface area contributed by atoms with E-state index in [-0.39, 0.29) is 17.9 Å². The number of aromatic nitrogens is 2. The summed E-state index contributed by atoms with van der Waals surface area (Å²) >= 11 is 1.66. The van der Waals surface area contributed by atoms with E-state index in [4.69, 9.17) is 9.26 Å². The SMILES string of the molecule is O=C(OCCc1noc(-c2ccc(CN3CCCCCC3)s2)n1)c1ccc([N+](=O)[O-])cc1. The van der Waals surface area contributed by atoms with Crippen LogP contribution in [0.15, 0.2) is 40.9 Å². The van der Waals surface area contributed by atoms with Crippen molar-refractivity contribution < 1.29 is 19.0 Å². The predicted octanol–water partition coefficient (Wildman–Crippen LogP) is 4.48. The van der Waals surface area contributed by atoms with Gasteiger partial charge >= 0.3 is 5.97 Å². The van der Waals surface area contributed by atoms with E-state index in [0.29, 0.717) is 18.1 Å². The zero-order chi connectivity index (χ0) is 22.3. The Hall–Kier alpha value is -3.11. The van der Waals surface area contributed by atoms with Crippen molar-refractivity contribution in [2.45, 2.75) is 38.6 Å². The number of hydrogen-bond donors (Lipinski definition) is 0. The van der Waals surface area contributed by atoms with Gasteiger partial charge in [-0.25, -0.2) is 4.79 Å². The largest absolute Gasteiger partial charge is 0.462 e. The van der Waals surface area contributed by atoms with Crippen LogP contribution >= 0.6 is 11.3 Å². The van der Waals surface area contributed by atoms with Crippen LogP contribution in [0.1, 0.15) is 46.7 Å². The van der Waals surface area contributed by atoms with Crippen LogP contribution in [-0.4, -0.2) is 45.6 Å². The minimum Gasteiger partial charge on any atom is -0.462 e. The minimum atomic E-state index is -0.556. The molecule has 0 unspecified atom stereocenters. The lowest BCUT2D eigenvalue weighted by Gasteiger charge is -2.18. The van der Waals surface area contributed by atoms with Crippen LogP contribution < -0.4 is 0 Å². The first-order valence-electron chi connectivity index (χ1n) is 10.6. The lowest BCUT2D eigenvalue weighted by Crippen LogP contribution is -2.23. The highest BCUT2D eigenvalue weighted by Crippen LogP contribution is 2.28. The first-order chi connectivity index (χ1) is 15.6. The second-order valence-corrected chi connectivity index (χ2v) is 8.83. The maximum Gasteiger partial charge on any atom is 0.338 e. The van der Waals surface area contributed by atoms with E-state index in [1.807, 2.05) is 6.07 Å². The molecule has 32 heavy (non-hydrogen) atoms. The van der Waals surface area contributed by atoms with Crippen LogP contribution in [0.2, 0.25) is 0 Å². The van der Waals surface area contributed by atoms with Crippen molar-refractivity contribution >= 4 is 23.0 Å². The summed E-state index contributed by atoms with van der Waals surface area (Å²) in [5, 5.41) is 14.7. The molecule has 0 N–H and O–H groups in total. The van der Waals surface area contributed by atoms with Crippen molar-refractivity contribution in [3.8, 4) is 10.8 Å². The molecule has 4 rings (SSSR count). The molecule has 10 heteroatoms. The van der Waals surface area contributed by atoms with Gasteiger partial charge in [0.25, 0.3) is 11.6 Å². The molecule has 1 aliphatic rings. The molecule has 0 amide bonds. The van der Waals surface area contributed by atoms with Crippen molar-refractivity contribution in [3.05, 3.63) is 62.8 Å². The molecule has 1 saturated heterocycles. The average Bonchev–Trinajstić information content (AvgIpc) is 3.38. The molecule has 3 heterocycles. The number of nitro benzene ring substituents is 1. The van der Waals surface area contributed by atoms with Crippen molar-refractivity contribution in [1.82, 2.24) is 15.0 Å². The standard InChI is InChI=1S/C22H24N4O5S/c27-22(16-5-7-17(8-6-16)26(28)29)30-14-11-20-23-21(31-24-20)19-10-9-18(32-19)15-25-12-3-1-2-4-13-25/h5-10H,1-4,11-15H2. The minimum absolute atomic E-state index is 0.0796. The van der Waals surface area contributed by atoms with Crippen LogP contribution in [0, 0.1) is 10.1 Å². The lowest BCUT2D eigenvalue weighted by molar-refractivity contribution is -0.384. The molecule has 0 aliphatic carbocycles. The summed E-state index contributed by atoms with van der Waals surface area (Å²) in [7, 11) is 0. The fourth-order valence-electron chi connectivity index (χ4n) is 3.59. The number of hydrogen-bond acceptors (Lipinski definition) is 9. The molecule has 2 aromatic heterocycles. The number of thiophene rings is 1. The number of esters is 1. The Balaban J connectivity index is 1.27. The second kappa shape index (κ2) is 10.5. The van der Waals surface area contributed by atoms with Gasteiger partial charge in [0.05, 0.1) is 22.0 Å². The molecule has 0 radical (unpaired) electrons. The molecule has 0 spiro atoms. The summed E-state index contributed by atoms with van der Waals surface area (Å²) in [6.07, 6.45) is 5.48. The molecule has 3 aromatic rings. The normalized spacial score (nSPS) is 14.8. The number of nitrogens with zero attached hydrogens (tertiary/aromatic N) is 4. The highest BCUT2D eigenvalue weighted by Gasteiger charge is 2.15. The molecular formula is C22H24N4O5S. The number of nitro groups is 1. The molecule has 0 saturated carbocycles. The number of likely N-dealkylation sites (tertiary alicyclic amines) is 1. The highest BCUT2D eigenvalue weighted by molar-refractivity contribution is 7.15. The maximum absolute atomic E-state index is 12.1. The van der Waals surface area contributed by atoms with Crippen molar-refractivity contribution in [1.29, 1.82) is 0 Å². The summed E-state index contributed by atoms with van der Waals surface area (Å²) in [6.45, 7) is 3.33. The zero-order valence-electron chi connectivity index (χ0n) is 17.6. The smallest absolute Gasteiger partial charge is 0.338 e. The number of benzene rings is 1. The number of ether oxygens (including phenoxy) is 1.